The van der Waals surface area contributed by atoms with Crippen molar-refractivity contribution in [2.45, 2.75) is 19.3 Å². The van der Waals surface area contributed by atoms with Crippen LogP contribution in [0.1, 0.15) is 23.5 Å². The second kappa shape index (κ2) is 6.85. The lowest BCUT2D eigenvalue weighted by atomic mass is 9.94. The highest BCUT2D eigenvalue weighted by atomic mass is 32.1. The van der Waals surface area contributed by atoms with E-state index in [4.69, 9.17) is 5.73 Å². The van der Waals surface area contributed by atoms with Gasteiger partial charge in [0.15, 0.2) is 0 Å². The van der Waals surface area contributed by atoms with Crippen LogP contribution in [0, 0.1) is 6.92 Å². The summed E-state index contributed by atoms with van der Waals surface area (Å²) in [5.41, 5.74) is 9.44. The van der Waals surface area contributed by atoms with Crippen LogP contribution in [-0.4, -0.2) is 22.0 Å². The Morgan fingerprint density at radius 1 is 1.26 bits per heavy atom. The molecule has 3 rings (SSSR count). The molecule has 23 heavy (non-hydrogen) atoms. The molecule has 0 radical (unpaired) electrons. The average molecular weight is 326 g/mol. The van der Waals surface area contributed by atoms with E-state index in [0.29, 0.717) is 13.0 Å². The minimum Gasteiger partial charge on any atom is -0.330 e. The molecule has 0 aliphatic heterocycles. The number of rotatable bonds is 5. The van der Waals surface area contributed by atoms with E-state index in [1.807, 2.05) is 49.4 Å². The van der Waals surface area contributed by atoms with E-state index < -0.39 is 0 Å². The van der Waals surface area contributed by atoms with E-state index >= 15 is 0 Å². The van der Waals surface area contributed by atoms with Gasteiger partial charge in [0.1, 0.15) is 5.52 Å². The van der Waals surface area contributed by atoms with Crippen molar-refractivity contribution in [3.05, 3.63) is 53.6 Å². The van der Waals surface area contributed by atoms with Gasteiger partial charge in [-0.15, -0.1) is 5.10 Å². The van der Waals surface area contributed by atoms with Crippen LogP contribution in [0.5, 0.6) is 0 Å². The predicted octanol–water partition coefficient (Wildman–Crippen LogP) is 3.07. The van der Waals surface area contributed by atoms with E-state index in [9.17, 15) is 4.79 Å². The first-order chi connectivity index (χ1) is 11.2. The molecule has 118 valence electrons. The van der Waals surface area contributed by atoms with Crippen molar-refractivity contribution >= 4 is 33.3 Å². The van der Waals surface area contributed by atoms with Crippen LogP contribution in [0.2, 0.25) is 0 Å². The largest absolute Gasteiger partial charge is 0.330 e. The van der Waals surface area contributed by atoms with Crippen molar-refractivity contribution < 1.29 is 4.79 Å². The van der Waals surface area contributed by atoms with Crippen molar-refractivity contribution in [1.82, 2.24) is 9.59 Å². The molecule has 6 heteroatoms. The third kappa shape index (κ3) is 3.55. The zero-order valence-electron chi connectivity index (χ0n) is 12.8. The average Bonchev–Trinajstić information content (AvgIpc) is 3.01. The molecule has 0 aliphatic carbocycles. The molecule has 0 aliphatic rings. The van der Waals surface area contributed by atoms with Crippen molar-refractivity contribution in [2.75, 3.05) is 11.9 Å². The van der Waals surface area contributed by atoms with Crippen LogP contribution in [0.3, 0.4) is 0 Å². The van der Waals surface area contributed by atoms with Crippen LogP contribution in [0.15, 0.2) is 42.5 Å². The Bertz CT molecular complexity index is 813. The summed E-state index contributed by atoms with van der Waals surface area (Å²) in [5.74, 6) is -0.299. The summed E-state index contributed by atoms with van der Waals surface area (Å²) in [6.45, 7) is 2.49. The number of hydrogen-bond donors (Lipinski definition) is 2. The van der Waals surface area contributed by atoms with E-state index in [-0.39, 0.29) is 11.8 Å². The molecule has 1 unspecified atom stereocenters. The molecule has 3 aromatic rings. The smallest absolute Gasteiger partial charge is 0.231 e. The Kier molecular flexibility index (Phi) is 4.64. The first kappa shape index (κ1) is 15.6. The highest BCUT2D eigenvalue weighted by Gasteiger charge is 2.20. The van der Waals surface area contributed by atoms with Gasteiger partial charge >= 0.3 is 0 Å². The number of fused-ring (bicyclic) bond motifs is 1. The Morgan fingerprint density at radius 3 is 2.78 bits per heavy atom. The molecule has 1 aromatic heterocycles. The summed E-state index contributed by atoms with van der Waals surface area (Å²) in [7, 11) is 0. The Morgan fingerprint density at radius 2 is 2.04 bits per heavy atom. The lowest BCUT2D eigenvalue weighted by Crippen LogP contribution is -2.23. The lowest BCUT2D eigenvalue weighted by Gasteiger charge is -2.17. The second-order valence-electron chi connectivity index (χ2n) is 5.49. The fourth-order valence-corrected chi connectivity index (χ4v) is 3.10. The third-order valence-corrected chi connectivity index (χ3v) is 4.45. The van der Waals surface area contributed by atoms with Crippen molar-refractivity contribution in [3.63, 3.8) is 0 Å². The van der Waals surface area contributed by atoms with Crippen LogP contribution >= 0.6 is 11.5 Å². The monoisotopic (exact) mass is 326 g/mol. The fourth-order valence-electron chi connectivity index (χ4n) is 2.50. The van der Waals surface area contributed by atoms with E-state index in [1.54, 1.807) is 0 Å². The lowest BCUT2D eigenvalue weighted by molar-refractivity contribution is -0.117. The molecule has 0 fully saturated rings. The number of carbonyl (C=O) groups is 1. The van der Waals surface area contributed by atoms with Crippen LogP contribution in [-0.2, 0) is 4.79 Å². The van der Waals surface area contributed by atoms with Gasteiger partial charge in [-0.2, -0.15) is 0 Å². The summed E-state index contributed by atoms with van der Waals surface area (Å²) < 4.78 is 4.86. The summed E-state index contributed by atoms with van der Waals surface area (Å²) >= 11 is 1.31. The summed E-state index contributed by atoms with van der Waals surface area (Å²) in [5, 5.41) is 6.98. The summed E-state index contributed by atoms with van der Waals surface area (Å²) in [4.78, 5) is 12.7. The zero-order chi connectivity index (χ0) is 16.2. The minimum atomic E-state index is -0.254. The Labute approximate surface area is 138 Å². The highest BCUT2D eigenvalue weighted by molar-refractivity contribution is 7.12. The first-order valence-corrected chi connectivity index (χ1v) is 8.24. The molecule has 1 amide bonds. The Balaban J connectivity index is 1.81. The van der Waals surface area contributed by atoms with E-state index in [2.05, 4.69) is 14.9 Å². The topological polar surface area (TPSA) is 80.9 Å². The molecule has 2 aromatic carbocycles. The number of hydrogen-bond acceptors (Lipinski definition) is 5. The first-order valence-electron chi connectivity index (χ1n) is 7.47. The molecule has 5 nitrogen and oxygen atoms in total. The molecular formula is C17H18N4OS. The van der Waals surface area contributed by atoms with Gasteiger partial charge in [-0.05, 0) is 55.2 Å². The van der Waals surface area contributed by atoms with Gasteiger partial charge in [0.05, 0.1) is 10.6 Å². The number of anilines is 1. The summed E-state index contributed by atoms with van der Waals surface area (Å²) in [6.07, 6.45) is 0.610. The van der Waals surface area contributed by atoms with E-state index in [1.165, 1.54) is 17.1 Å². The third-order valence-electron chi connectivity index (χ3n) is 3.77. The number of aromatic nitrogens is 2. The van der Waals surface area contributed by atoms with Crippen molar-refractivity contribution in [3.8, 4) is 0 Å². The number of nitrogens with zero attached hydrogens (tertiary/aromatic N) is 2. The van der Waals surface area contributed by atoms with Gasteiger partial charge in [-0.3, -0.25) is 4.79 Å². The van der Waals surface area contributed by atoms with Gasteiger partial charge in [0.25, 0.3) is 0 Å². The summed E-state index contributed by atoms with van der Waals surface area (Å²) in [6, 6.07) is 13.6. The number of benzene rings is 2. The van der Waals surface area contributed by atoms with Gasteiger partial charge in [0.2, 0.25) is 5.91 Å². The number of nitrogens with one attached hydrogen (secondary N) is 1. The normalized spacial score (nSPS) is 12.3. The van der Waals surface area contributed by atoms with Crippen LogP contribution in [0.25, 0.3) is 10.2 Å². The molecular weight excluding hydrogens is 308 g/mol. The van der Waals surface area contributed by atoms with Gasteiger partial charge in [0, 0.05) is 5.69 Å². The predicted molar refractivity (Wildman–Crippen MR) is 93.6 cm³/mol. The maximum absolute atomic E-state index is 12.7. The maximum atomic E-state index is 12.7. The van der Waals surface area contributed by atoms with Crippen molar-refractivity contribution in [1.29, 1.82) is 0 Å². The van der Waals surface area contributed by atoms with Gasteiger partial charge in [-0.25, -0.2) is 0 Å². The standard InChI is InChI=1S/C17H18N4OS/c1-11-2-4-12(5-3-11)14(8-9-18)17(22)19-13-6-7-15-16(10-13)23-21-20-15/h2-7,10,14H,8-9,18H2,1H3,(H,19,22). The molecule has 0 saturated carbocycles. The zero-order valence-corrected chi connectivity index (χ0v) is 13.6. The minimum absolute atomic E-state index is 0.0453. The highest BCUT2D eigenvalue weighted by Crippen LogP contribution is 2.24. The maximum Gasteiger partial charge on any atom is 0.231 e. The molecule has 0 saturated heterocycles. The molecule has 1 atom stereocenters. The van der Waals surface area contributed by atoms with Gasteiger partial charge in [-0.1, -0.05) is 34.3 Å². The number of amides is 1. The number of aryl methyl sites for hydroxylation is 1. The Hall–Kier alpha value is -2.31. The fraction of sp³-hybridized carbons (Fsp3) is 0.235. The number of nitrogens with two attached hydrogens (primary N) is 1. The second-order valence-corrected chi connectivity index (χ2v) is 6.27. The molecule has 3 N–H and O–H groups in total. The van der Waals surface area contributed by atoms with E-state index in [0.717, 1.165) is 21.5 Å². The van der Waals surface area contributed by atoms with Gasteiger partial charge < -0.3 is 11.1 Å². The quantitative estimate of drug-likeness (QED) is 0.755. The number of carbonyl (C=O) groups excluding carboxylic acids is 1. The van der Waals surface area contributed by atoms with Crippen LogP contribution in [0.4, 0.5) is 5.69 Å². The van der Waals surface area contributed by atoms with Crippen molar-refractivity contribution in [2.24, 2.45) is 5.73 Å². The molecule has 0 spiro atoms. The molecule has 1 heterocycles. The van der Waals surface area contributed by atoms with Crippen LogP contribution < -0.4 is 11.1 Å². The SMILES string of the molecule is Cc1ccc(C(CCN)C(=O)Nc2ccc3nnsc3c2)cc1. The molecule has 0 bridgehead atoms.